The Kier molecular flexibility index (Phi) is 2.99. The summed E-state index contributed by atoms with van der Waals surface area (Å²) in [6.45, 7) is 2.08. The van der Waals surface area contributed by atoms with Gasteiger partial charge in [-0.2, -0.15) is 0 Å². The highest BCUT2D eigenvalue weighted by molar-refractivity contribution is 6.42. The van der Waals surface area contributed by atoms with Crippen LogP contribution >= 0.6 is 23.2 Å². The Hall–Kier alpha value is -0.980. The van der Waals surface area contributed by atoms with Crippen LogP contribution in [0, 0.1) is 6.92 Å². The first kappa shape index (κ1) is 10.5. The summed E-state index contributed by atoms with van der Waals surface area (Å²) < 4.78 is 0. The van der Waals surface area contributed by atoms with E-state index in [-0.39, 0.29) is 0 Å². The zero-order valence-electron chi connectivity index (χ0n) is 8.30. The van der Waals surface area contributed by atoms with E-state index in [0.717, 1.165) is 5.56 Å². The van der Waals surface area contributed by atoms with Gasteiger partial charge < -0.3 is 0 Å². The molecule has 2 aromatic rings. The van der Waals surface area contributed by atoms with Crippen molar-refractivity contribution in [3.63, 3.8) is 0 Å². The fourth-order valence-electron chi connectivity index (χ4n) is 1.56. The van der Waals surface area contributed by atoms with Gasteiger partial charge in [0.1, 0.15) is 0 Å². The number of aryl methyl sites for hydroxylation is 1. The summed E-state index contributed by atoms with van der Waals surface area (Å²) in [6.07, 6.45) is 0. The zero-order valence-corrected chi connectivity index (χ0v) is 9.81. The van der Waals surface area contributed by atoms with E-state index >= 15 is 0 Å². The van der Waals surface area contributed by atoms with E-state index in [1.54, 1.807) is 0 Å². The van der Waals surface area contributed by atoms with Crippen molar-refractivity contribution in [1.29, 1.82) is 0 Å². The molecule has 0 fully saturated rings. The maximum Gasteiger partial charge on any atom is 0.0598 e. The maximum atomic E-state index is 5.98. The predicted molar refractivity (Wildman–Crippen MR) is 66.6 cm³/mol. The van der Waals surface area contributed by atoms with Crippen molar-refractivity contribution in [1.82, 2.24) is 0 Å². The van der Waals surface area contributed by atoms with Gasteiger partial charge in [-0.15, -0.1) is 0 Å². The van der Waals surface area contributed by atoms with Gasteiger partial charge in [-0.1, -0.05) is 53.5 Å². The summed E-state index contributed by atoms with van der Waals surface area (Å²) in [5.41, 5.74) is 3.52. The molecule has 0 amide bonds. The van der Waals surface area contributed by atoms with Crippen molar-refractivity contribution >= 4 is 23.2 Å². The van der Waals surface area contributed by atoms with E-state index in [1.807, 2.05) is 30.3 Å². The van der Waals surface area contributed by atoms with Crippen LogP contribution in [0.1, 0.15) is 5.56 Å². The van der Waals surface area contributed by atoms with Gasteiger partial charge in [-0.25, -0.2) is 0 Å². The van der Waals surface area contributed by atoms with Crippen LogP contribution in [-0.2, 0) is 0 Å². The summed E-state index contributed by atoms with van der Waals surface area (Å²) in [5.74, 6) is 0. The van der Waals surface area contributed by atoms with E-state index in [4.69, 9.17) is 23.2 Å². The topological polar surface area (TPSA) is 0 Å². The average Bonchev–Trinajstić information content (AvgIpc) is 2.23. The minimum atomic E-state index is 0.592. The fourth-order valence-corrected chi connectivity index (χ4v) is 1.86. The summed E-state index contributed by atoms with van der Waals surface area (Å²) in [5, 5.41) is 1.19. The van der Waals surface area contributed by atoms with E-state index in [9.17, 15) is 0 Å². The van der Waals surface area contributed by atoms with E-state index < -0.39 is 0 Å². The molecular formula is C13H10Cl2. The smallest absolute Gasteiger partial charge is 0.0598 e. The highest BCUT2D eigenvalue weighted by Crippen LogP contribution is 2.29. The summed E-state index contributed by atoms with van der Waals surface area (Å²) in [4.78, 5) is 0. The molecule has 0 radical (unpaired) electrons. The Morgan fingerprint density at radius 2 is 1.60 bits per heavy atom. The standard InChI is InChI=1S/C13H10Cl2/c1-9-4-2-3-5-11(9)10-6-7-12(14)13(15)8-10/h2-8H,1H3. The molecule has 76 valence electrons. The number of hydrogen-bond donors (Lipinski definition) is 0. The van der Waals surface area contributed by atoms with Gasteiger partial charge in [-0.3, -0.25) is 0 Å². The van der Waals surface area contributed by atoms with Crippen LogP contribution in [0.5, 0.6) is 0 Å². The van der Waals surface area contributed by atoms with Crippen LogP contribution in [0.15, 0.2) is 42.5 Å². The second-order valence-corrected chi connectivity index (χ2v) is 4.26. The number of halogens is 2. The second kappa shape index (κ2) is 4.26. The first-order valence-electron chi connectivity index (χ1n) is 4.69. The SMILES string of the molecule is Cc1ccccc1-c1ccc(Cl)c(Cl)c1. The van der Waals surface area contributed by atoms with Gasteiger partial charge in [0.15, 0.2) is 0 Å². The zero-order chi connectivity index (χ0) is 10.8. The molecule has 2 aromatic carbocycles. The largest absolute Gasteiger partial charge is 0.0827 e. The molecule has 0 N–H and O–H groups in total. The van der Waals surface area contributed by atoms with Crippen molar-refractivity contribution in [2.45, 2.75) is 6.92 Å². The maximum absolute atomic E-state index is 5.98. The van der Waals surface area contributed by atoms with Crippen LogP contribution in [0.25, 0.3) is 11.1 Å². The third-order valence-corrected chi connectivity index (χ3v) is 3.11. The van der Waals surface area contributed by atoms with Crippen LogP contribution < -0.4 is 0 Å². The molecule has 0 nitrogen and oxygen atoms in total. The molecule has 0 aromatic heterocycles. The van der Waals surface area contributed by atoms with Gasteiger partial charge >= 0.3 is 0 Å². The molecule has 0 bridgehead atoms. The normalized spacial score (nSPS) is 10.3. The molecule has 0 aliphatic rings. The number of hydrogen-bond acceptors (Lipinski definition) is 0. The minimum Gasteiger partial charge on any atom is -0.0827 e. The highest BCUT2D eigenvalue weighted by atomic mass is 35.5. The van der Waals surface area contributed by atoms with Gasteiger partial charge in [0.2, 0.25) is 0 Å². The Morgan fingerprint density at radius 3 is 2.27 bits per heavy atom. The molecule has 0 saturated carbocycles. The van der Waals surface area contributed by atoms with Crippen LogP contribution in [0.3, 0.4) is 0 Å². The summed E-state index contributed by atoms with van der Waals surface area (Å²) in [6, 6.07) is 13.9. The average molecular weight is 237 g/mol. The molecular weight excluding hydrogens is 227 g/mol. The molecule has 0 aliphatic carbocycles. The van der Waals surface area contributed by atoms with Crippen molar-refractivity contribution in [2.75, 3.05) is 0 Å². The van der Waals surface area contributed by atoms with Crippen molar-refractivity contribution < 1.29 is 0 Å². The van der Waals surface area contributed by atoms with E-state index in [2.05, 4.69) is 19.1 Å². The Labute approximate surface area is 99.5 Å². The van der Waals surface area contributed by atoms with Crippen LogP contribution in [-0.4, -0.2) is 0 Å². The molecule has 0 aliphatic heterocycles. The lowest BCUT2D eigenvalue weighted by Gasteiger charge is -2.06. The lowest BCUT2D eigenvalue weighted by atomic mass is 10.0. The third-order valence-electron chi connectivity index (χ3n) is 2.38. The summed E-state index contributed by atoms with van der Waals surface area (Å²) >= 11 is 11.9. The van der Waals surface area contributed by atoms with Crippen molar-refractivity contribution in [3.05, 3.63) is 58.1 Å². The van der Waals surface area contributed by atoms with Gasteiger partial charge in [0.05, 0.1) is 10.0 Å². The molecule has 2 heteroatoms. The summed E-state index contributed by atoms with van der Waals surface area (Å²) in [7, 11) is 0. The molecule has 0 spiro atoms. The fraction of sp³-hybridized carbons (Fsp3) is 0.0769. The Morgan fingerprint density at radius 1 is 0.867 bits per heavy atom. The predicted octanol–water partition coefficient (Wildman–Crippen LogP) is 4.97. The van der Waals surface area contributed by atoms with E-state index in [0.29, 0.717) is 10.0 Å². The quantitative estimate of drug-likeness (QED) is 0.656. The number of rotatable bonds is 1. The second-order valence-electron chi connectivity index (χ2n) is 3.44. The van der Waals surface area contributed by atoms with Gasteiger partial charge in [-0.05, 0) is 35.7 Å². The minimum absolute atomic E-state index is 0.592. The van der Waals surface area contributed by atoms with Gasteiger partial charge in [0, 0.05) is 0 Å². The Balaban J connectivity index is 2.55. The monoisotopic (exact) mass is 236 g/mol. The third kappa shape index (κ3) is 2.17. The first-order valence-corrected chi connectivity index (χ1v) is 5.45. The highest BCUT2D eigenvalue weighted by Gasteiger charge is 2.03. The first-order chi connectivity index (χ1) is 7.18. The molecule has 0 unspecified atom stereocenters. The lowest BCUT2D eigenvalue weighted by Crippen LogP contribution is -1.82. The van der Waals surface area contributed by atoms with Crippen molar-refractivity contribution in [3.8, 4) is 11.1 Å². The van der Waals surface area contributed by atoms with Gasteiger partial charge in [0.25, 0.3) is 0 Å². The molecule has 0 atom stereocenters. The molecule has 2 rings (SSSR count). The van der Waals surface area contributed by atoms with Crippen LogP contribution in [0.2, 0.25) is 10.0 Å². The molecule has 0 saturated heterocycles. The lowest BCUT2D eigenvalue weighted by molar-refractivity contribution is 1.46. The Bertz CT molecular complexity index is 490. The molecule has 15 heavy (non-hydrogen) atoms. The number of benzene rings is 2. The van der Waals surface area contributed by atoms with Crippen LogP contribution in [0.4, 0.5) is 0 Å². The van der Waals surface area contributed by atoms with Crippen molar-refractivity contribution in [2.24, 2.45) is 0 Å². The molecule has 0 heterocycles. The van der Waals surface area contributed by atoms with E-state index in [1.165, 1.54) is 11.1 Å².